The summed E-state index contributed by atoms with van der Waals surface area (Å²) in [5.74, 6) is -0.888. The fourth-order valence-corrected chi connectivity index (χ4v) is 5.49. The number of thiazole rings is 1. The van der Waals surface area contributed by atoms with Gasteiger partial charge in [0.25, 0.3) is 0 Å². The highest BCUT2D eigenvalue weighted by Gasteiger charge is 2.38. The molecule has 4 aromatic rings. The van der Waals surface area contributed by atoms with E-state index in [0.717, 1.165) is 28.6 Å². The van der Waals surface area contributed by atoms with Crippen LogP contribution in [0.15, 0.2) is 42.5 Å². The number of nitrogens with zero attached hydrogens (tertiary/aromatic N) is 4. The van der Waals surface area contributed by atoms with E-state index in [1.165, 1.54) is 15.9 Å². The molecule has 0 saturated carbocycles. The number of aromatic nitrogens is 3. The lowest BCUT2D eigenvalue weighted by Crippen LogP contribution is -2.40. The minimum absolute atomic E-state index is 0.0884. The van der Waals surface area contributed by atoms with E-state index in [-0.39, 0.29) is 24.9 Å². The van der Waals surface area contributed by atoms with Crippen LogP contribution in [0.3, 0.4) is 0 Å². The summed E-state index contributed by atoms with van der Waals surface area (Å²) in [6.45, 7) is 3.83. The third kappa shape index (κ3) is 4.78. The monoisotopic (exact) mass is 487 g/mol. The lowest BCUT2D eigenvalue weighted by Gasteiger charge is -2.32. The van der Waals surface area contributed by atoms with Gasteiger partial charge in [0.1, 0.15) is 0 Å². The van der Waals surface area contributed by atoms with Crippen molar-refractivity contribution in [2.24, 2.45) is 5.92 Å². The first-order chi connectivity index (χ1) is 16.3. The van der Waals surface area contributed by atoms with Gasteiger partial charge in [0.05, 0.1) is 27.8 Å². The normalized spacial score (nSPS) is 15.9. The first-order valence-corrected chi connectivity index (χ1v) is 12.0. The molecular formula is C24H24F3N5OS. The van der Waals surface area contributed by atoms with E-state index in [2.05, 4.69) is 15.3 Å². The number of carbonyl (C=O) groups is 1. The SMILES string of the molecule is Cc1ccc2nc(NC(=O)CN3CCC(Cn4c(C(F)(F)F)nc5ccccc54)CC3)sc2c1. The van der Waals surface area contributed by atoms with Gasteiger partial charge in [-0.1, -0.05) is 29.5 Å². The number of halogens is 3. The van der Waals surface area contributed by atoms with Gasteiger partial charge in [-0.2, -0.15) is 13.2 Å². The summed E-state index contributed by atoms with van der Waals surface area (Å²) >= 11 is 1.45. The Morgan fingerprint density at radius 2 is 1.88 bits per heavy atom. The van der Waals surface area contributed by atoms with E-state index in [0.29, 0.717) is 29.3 Å². The number of para-hydroxylation sites is 2. The molecule has 1 saturated heterocycles. The average Bonchev–Trinajstić information content (AvgIpc) is 3.35. The van der Waals surface area contributed by atoms with Crippen LogP contribution in [0.4, 0.5) is 18.3 Å². The summed E-state index contributed by atoms with van der Waals surface area (Å²) in [7, 11) is 0. The standard InChI is InChI=1S/C24H24F3N5OS/c1-15-6-7-18-20(12-15)34-23(29-18)30-21(33)14-31-10-8-16(9-11-31)13-32-19-5-3-2-4-17(19)28-22(32)24(25,26)27/h2-7,12,16H,8-11,13-14H2,1H3,(H,29,30,33). The Bertz CT molecular complexity index is 1340. The van der Waals surface area contributed by atoms with Gasteiger partial charge in [0.15, 0.2) is 5.13 Å². The molecule has 34 heavy (non-hydrogen) atoms. The molecule has 2 aromatic carbocycles. The predicted octanol–water partition coefficient (Wildman–Crippen LogP) is 5.32. The molecule has 0 radical (unpaired) electrons. The largest absolute Gasteiger partial charge is 0.449 e. The highest BCUT2D eigenvalue weighted by molar-refractivity contribution is 7.22. The molecule has 0 bridgehead atoms. The van der Waals surface area contributed by atoms with Crippen LogP contribution < -0.4 is 5.32 Å². The maximum atomic E-state index is 13.6. The minimum atomic E-state index is -4.50. The number of alkyl halides is 3. The number of anilines is 1. The number of fused-ring (bicyclic) bond motifs is 2. The van der Waals surface area contributed by atoms with E-state index in [9.17, 15) is 18.0 Å². The number of benzene rings is 2. The Hall–Kier alpha value is -2.98. The molecule has 1 N–H and O–H groups in total. The van der Waals surface area contributed by atoms with Crippen LogP contribution in [0, 0.1) is 12.8 Å². The van der Waals surface area contributed by atoms with Gasteiger partial charge in [-0.3, -0.25) is 9.69 Å². The van der Waals surface area contributed by atoms with E-state index >= 15 is 0 Å². The molecule has 0 aliphatic carbocycles. The number of nitrogens with one attached hydrogen (secondary N) is 1. The van der Waals surface area contributed by atoms with Gasteiger partial charge < -0.3 is 9.88 Å². The molecule has 1 amide bonds. The van der Waals surface area contributed by atoms with Crippen molar-refractivity contribution < 1.29 is 18.0 Å². The second kappa shape index (κ2) is 8.99. The second-order valence-electron chi connectivity index (χ2n) is 8.79. The topological polar surface area (TPSA) is 63.1 Å². The van der Waals surface area contributed by atoms with E-state index in [1.807, 2.05) is 30.0 Å². The van der Waals surface area contributed by atoms with Crippen molar-refractivity contribution in [1.29, 1.82) is 0 Å². The minimum Gasteiger partial charge on any atom is -0.320 e. The van der Waals surface area contributed by atoms with Crippen molar-refractivity contribution in [2.75, 3.05) is 25.0 Å². The first-order valence-electron chi connectivity index (χ1n) is 11.2. The van der Waals surface area contributed by atoms with Crippen LogP contribution >= 0.6 is 11.3 Å². The van der Waals surface area contributed by atoms with E-state index in [4.69, 9.17) is 0 Å². The number of likely N-dealkylation sites (tertiary alicyclic amines) is 1. The zero-order valence-electron chi connectivity index (χ0n) is 18.6. The third-order valence-corrected chi connectivity index (χ3v) is 7.15. The highest BCUT2D eigenvalue weighted by Crippen LogP contribution is 2.33. The number of hydrogen-bond acceptors (Lipinski definition) is 5. The van der Waals surface area contributed by atoms with Crippen molar-refractivity contribution in [3.8, 4) is 0 Å². The summed E-state index contributed by atoms with van der Waals surface area (Å²) in [5, 5.41) is 3.46. The number of rotatable bonds is 5. The molecule has 5 rings (SSSR count). The number of amides is 1. The molecule has 10 heteroatoms. The molecule has 0 atom stereocenters. The van der Waals surface area contributed by atoms with E-state index < -0.39 is 12.0 Å². The maximum absolute atomic E-state index is 13.6. The Morgan fingerprint density at radius 1 is 1.12 bits per heavy atom. The highest BCUT2D eigenvalue weighted by atomic mass is 32.1. The van der Waals surface area contributed by atoms with Crippen molar-refractivity contribution >= 4 is 43.6 Å². The lowest BCUT2D eigenvalue weighted by atomic mass is 9.96. The van der Waals surface area contributed by atoms with Gasteiger partial charge in [0.2, 0.25) is 11.7 Å². The summed E-state index contributed by atoms with van der Waals surface area (Å²) in [6.07, 6.45) is -3.06. The summed E-state index contributed by atoms with van der Waals surface area (Å²) in [6, 6.07) is 12.7. The Balaban J connectivity index is 1.19. The molecular weight excluding hydrogens is 463 g/mol. The van der Waals surface area contributed by atoms with Crippen LogP contribution in [0.1, 0.15) is 24.2 Å². The van der Waals surface area contributed by atoms with Crippen molar-refractivity contribution in [3.05, 3.63) is 53.9 Å². The number of carbonyl (C=O) groups excluding carboxylic acids is 1. The van der Waals surface area contributed by atoms with Gasteiger partial charge in [0, 0.05) is 6.54 Å². The number of piperidine rings is 1. The van der Waals surface area contributed by atoms with Crippen molar-refractivity contribution in [2.45, 2.75) is 32.5 Å². The maximum Gasteiger partial charge on any atom is 0.449 e. The lowest BCUT2D eigenvalue weighted by molar-refractivity contribution is -0.147. The molecule has 1 aliphatic rings. The third-order valence-electron chi connectivity index (χ3n) is 6.21. The fourth-order valence-electron chi connectivity index (χ4n) is 4.51. The Labute approximate surface area is 198 Å². The van der Waals surface area contributed by atoms with Crippen molar-refractivity contribution in [3.63, 3.8) is 0 Å². The number of aryl methyl sites for hydroxylation is 1. The number of imidazole rings is 1. The fraction of sp³-hybridized carbons (Fsp3) is 0.375. The quantitative estimate of drug-likeness (QED) is 0.414. The van der Waals surface area contributed by atoms with Crippen LogP contribution in [-0.4, -0.2) is 45.0 Å². The summed E-state index contributed by atoms with van der Waals surface area (Å²) in [5.41, 5.74) is 2.86. The number of hydrogen-bond donors (Lipinski definition) is 1. The summed E-state index contributed by atoms with van der Waals surface area (Å²) < 4.78 is 43.0. The average molecular weight is 488 g/mol. The van der Waals surface area contributed by atoms with Crippen LogP contribution in [0.25, 0.3) is 21.3 Å². The predicted molar refractivity (Wildman–Crippen MR) is 127 cm³/mol. The molecule has 0 spiro atoms. The second-order valence-corrected chi connectivity index (χ2v) is 9.82. The molecule has 1 aliphatic heterocycles. The summed E-state index contributed by atoms with van der Waals surface area (Å²) in [4.78, 5) is 22.9. The van der Waals surface area contributed by atoms with Gasteiger partial charge in [-0.05, 0) is 68.6 Å². The zero-order valence-corrected chi connectivity index (χ0v) is 19.4. The first kappa shape index (κ1) is 22.8. The molecule has 178 valence electrons. The van der Waals surface area contributed by atoms with Crippen LogP contribution in [-0.2, 0) is 17.5 Å². The van der Waals surface area contributed by atoms with Crippen molar-refractivity contribution in [1.82, 2.24) is 19.4 Å². The van der Waals surface area contributed by atoms with Gasteiger partial charge in [-0.15, -0.1) is 0 Å². The molecule has 0 unspecified atom stereocenters. The van der Waals surface area contributed by atoms with E-state index in [1.54, 1.807) is 24.3 Å². The molecule has 1 fully saturated rings. The molecule has 2 aromatic heterocycles. The molecule has 6 nitrogen and oxygen atoms in total. The zero-order chi connectivity index (χ0) is 23.9. The van der Waals surface area contributed by atoms with Gasteiger partial charge >= 0.3 is 6.18 Å². The van der Waals surface area contributed by atoms with Crippen LogP contribution in [0.2, 0.25) is 0 Å². The van der Waals surface area contributed by atoms with Crippen LogP contribution in [0.5, 0.6) is 0 Å². The molecule has 3 heterocycles. The van der Waals surface area contributed by atoms with Gasteiger partial charge in [-0.25, -0.2) is 9.97 Å². The smallest absolute Gasteiger partial charge is 0.320 e. The Morgan fingerprint density at radius 3 is 2.65 bits per heavy atom. The Kier molecular flexibility index (Phi) is 6.03.